The Labute approximate surface area is 236 Å². The average molecular weight is 633 g/mol. The quantitative estimate of drug-likeness (QED) is 0.161. The van der Waals surface area contributed by atoms with Gasteiger partial charge in [-0.25, -0.2) is 0 Å². The first kappa shape index (κ1) is 27.1. The van der Waals surface area contributed by atoms with Gasteiger partial charge in [0.25, 0.3) is 0 Å². The van der Waals surface area contributed by atoms with E-state index < -0.39 is 0 Å². The number of hydrogen-bond acceptors (Lipinski definition) is 2. The maximum absolute atomic E-state index is 3.86. The molecule has 2 aliphatic carbocycles. The van der Waals surface area contributed by atoms with Crippen molar-refractivity contribution < 1.29 is 0 Å². The van der Waals surface area contributed by atoms with E-state index in [2.05, 4.69) is 99.7 Å². The predicted molar refractivity (Wildman–Crippen MR) is 166 cm³/mol. The molecule has 0 saturated heterocycles. The van der Waals surface area contributed by atoms with Gasteiger partial charge in [-0.15, -0.1) is 22.7 Å². The summed E-state index contributed by atoms with van der Waals surface area (Å²) < 4.78 is 1.29. The molecule has 2 aromatic heterocycles. The normalized spacial score (nSPS) is 16.2. The van der Waals surface area contributed by atoms with Gasteiger partial charge in [-0.1, -0.05) is 91.9 Å². The number of unbranched alkanes of at least 4 members (excludes halogenated alkanes) is 4. The maximum Gasteiger partial charge on any atom is 0.0737 e. The second-order valence-electron chi connectivity index (χ2n) is 9.67. The van der Waals surface area contributed by atoms with Crippen LogP contribution in [0, 0.1) is 0 Å². The number of rotatable bonds is 12. The third-order valence-corrected chi connectivity index (χ3v) is 10.2. The average Bonchev–Trinajstić information content (AvgIpc) is 3.31. The standard InChI is InChI=1S/C31H36Br2S2/c1-3-4-5-6-12-23-18-29(34-21-23)27-16-9-15-25-19-24(27)14-10-17-28(25)30-20-26(31(33)35-30)13-8-7-11-22(2)32/h9-10,14-18,20-22H,3-8,11-13,19H2,1-2H3. The Morgan fingerprint density at radius 1 is 0.943 bits per heavy atom. The van der Waals surface area contributed by atoms with Gasteiger partial charge in [0, 0.05) is 14.6 Å². The van der Waals surface area contributed by atoms with E-state index in [9.17, 15) is 0 Å². The van der Waals surface area contributed by atoms with Crippen LogP contribution in [0.4, 0.5) is 0 Å². The van der Waals surface area contributed by atoms with Gasteiger partial charge < -0.3 is 0 Å². The lowest BCUT2D eigenvalue weighted by molar-refractivity contribution is 0.667. The van der Waals surface area contributed by atoms with Crippen LogP contribution >= 0.6 is 54.5 Å². The number of fused-ring (bicyclic) bond motifs is 2. The van der Waals surface area contributed by atoms with E-state index in [0.717, 1.165) is 12.8 Å². The van der Waals surface area contributed by atoms with Crippen molar-refractivity contribution in [3.05, 3.63) is 89.8 Å². The predicted octanol–water partition coefficient (Wildman–Crippen LogP) is 11.5. The molecule has 4 rings (SSSR count). The largest absolute Gasteiger partial charge is 0.144 e. The molecule has 0 N–H and O–H groups in total. The molecule has 2 heterocycles. The Kier molecular flexibility index (Phi) is 10.5. The molecule has 1 atom stereocenters. The Morgan fingerprint density at radius 2 is 1.77 bits per heavy atom. The summed E-state index contributed by atoms with van der Waals surface area (Å²) in [7, 11) is 0. The van der Waals surface area contributed by atoms with Gasteiger partial charge in [-0.3, -0.25) is 0 Å². The molecule has 4 heteroatoms. The van der Waals surface area contributed by atoms with Gasteiger partial charge in [0.05, 0.1) is 3.79 Å². The van der Waals surface area contributed by atoms with Crippen LogP contribution < -0.4 is 0 Å². The van der Waals surface area contributed by atoms with Gasteiger partial charge in [0.2, 0.25) is 0 Å². The minimum atomic E-state index is 0.612. The van der Waals surface area contributed by atoms with Crippen molar-refractivity contribution in [1.82, 2.24) is 0 Å². The lowest BCUT2D eigenvalue weighted by Gasteiger charge is -2.10. The van der Waals surface area contributed by atoms with E-state index in [0.29, 0.717) is 4.83 Å². The highest BCUT2D eigenvalue weighted by Crippen LogP contribution is 2.41. The van der Waals surface area contributed by atoms with Crippen LogP contribution in [-0.4, -0.2) is 4.83 Å². The third kappa shape index (κ3) is 7.53. The van der Waals surface area contributed by atoms with E-state index in [-0.39, 0.29) is 0 Å². The lowest BCUT2D eigenvalue weighted by Crippen LogP contribution is -1.91. The smallest absolute Gasteiger partial charge is 0.0737 e. The molecule has 2 aromatic rings. The van der Waals surface area contributed by atoms with Crippen molar-refractivity contribution >= 4 is 65.7 Å². The summed E-state index contributed by atoms with van der Waals surface area (Å²) in [6, 6.07) is 4.85. The van der Waals surface area contributed by atoms with Crippen molar-refractivity contribution in [3.8, 4) is 0 Å². The Hall–Kier alpha value is -0.940. The molecule has 2 bridgehead atoms. The molecule has 35 heavy (non-hydrogen) atoms. The molecule has 0 radical (unpaired) electrons. The van der Waals surface area contributed by atoms with Crippen molar-refractivity contribution in [2.75, 3.05) is 0 Å². The summed E-state index contributed by atoms with van der Waals surface area (Å²) in [4.78, 5) is 3.39. The number of halogens is 2. The first-order chi connectivity index (χ1) is 17.0. The van der Waals surface area contributed by atoms with Crippen molar-refractivity contribution in [2.24, 2.45) is 0 Å². The lowest BCUT2D eigenvalue weighted by atomic mass is 9.96. The van der Waals surface area contributed by atoms with Gasteiger partial charge in [0.1, 0.15) is 0 Å². The second-order valence-corrected chi connectivity index (χ2v) is 14.5. The van der Waals surface area contributed by atoms with Crippen molar-refractivity contribution in [3.63, 3.8) is 0 Å². The minimum Gasteiger partial charge on any atom is -0.144 e. The molecule has 0 fully saturated rings. The summed E-state index contributed by atoms with van der Waals surface area (Å²) in [5, 5.41) is 2.37. The zero-order valence-corrected chi connectivity index (χ0v) is 25.7. The number of hydrogen-bond donors (Lipinski definition) is 0. The van der Waals surface area contributed by atoms with Crippen LogP contribution in [0.2, 0.25) is 0 Å². The third-order valence-electron chi connectivity index (χ3n) is 6.75. The number of alkyl halides is 1. The van der Waals surface area contributed by atoms with E-state index in [1.807, 2.05) is 22.7 Å². The molecule has 0 amide bonds. The molecule has 2 aliphatic rings. The molecular weight excluding hydrogens is 596 g/mol. The van der Waals surface area contributed by atoms with Gasteiger partial charge in [-0.2, -0.15) is 0 Å². The van der Waals surface area contributed by atoms with Crippen LogP contribution in [-0.2, 0) is 12.8 Å². The molecule has 0 spiro atoms. The number of thiophene rings is 2. The summed E-state index contributed by atoms with van der Waals surface area (Å²) >= 11 is 11.3. The molecule has 1 unspecified atom stereocenters. The van der Waals surface area contributed by atoms with E-state index in [4.69, 9.17) is 0 Å². The van der Waals surface area contributed by atoms with Crippen LogP contribution in [0.1, 0.15) is 86.1 Å². The Bertz CT molecular complexity index is 1150. The molecule has 0 saturated carbocycles. The van der Waals surface area contributed by atoms with Gasteiger partial charge in [-0.05, 0) is 105 Å². The van der Waals surface area contributed by atoms with E-state index in [1.54, 1.807) is 0 Å². The summed E-state index contributed by atoms with van der Waals surface area (Å²) in [5.41, 5.74) is 8.55. The summed E-state index contributed by atoms with van der Waals surface area (Å²) in [6.45, 7) is 4.52. The monoisotopic (exact) mass is 630 g/mol. The molecule has 186 valence electrons. The molecular formula is C31H36Br2S2. The fourth-order valence-corrected chi connectivity index (χ4v) is 7.93. The number of aryl methyl sites for hydroxylation is 2. The summed E-state index contributed by atoms with van der Waals surface area (Å²) in [5.74, 6) is 0. The highest BCUT2D eigenvalue weighted by Gasteiger charge is 2.19. The highest BCUT2D eigenvalue weighted by molar-refractivity contribution is 9.11. The topological polar surface area (TPSA) is 0 Å². The zero-order chi connectivity index (χ0) is 24.6. The first-order valence-electron chi connectivity index (χ1n) is 13.0. The van der Waals surface area contributed by atoms with Gasteiger partial charge >= 0.3 is 0 Å². The van der Waals surface area contributed by atoms with E-state index >= 15 is 0 Å². The zero-order valence-electron chi connectivity index (χ0n) is 20.9. The first-order valence-corrected chi connectivity index (χ1v) is 16.4. The minimum absolute atomic E-state index is 0.612. The van der Waals surface area contributed by atoms with Gasteiger partial charge in [0.15, 0.2) is 0 Å². The Morgan fingerprint density at radius 3 is 2.60 bits per heavy atom. The molecule has 0 aromatic carbocycles. The molecule has 0 nitrogen and oxygen atoms in total. The van der Waals surface area contributed by atoms with Crippen LogP contribution in [0.3, 0.4) is 0 Å². The van der Waals surface area contributed by atoms with Crippen LogP contribution in [0.15, 0.2) is 68.9 Å². The summed E-state index contributed by atoms with van der Waals surface area (Å²) in [6.07, 6.45) is 26.2. The fraction of sp³-hybridized carbons (Fsp3) is 0.419. The maximum atomic E-state index is 3.86. The molecule has 0 aliphatic heterocycles. The second kappa shape index (κ2) is 13.6. The van der Waals surface area contributed by atoms with Crippen LogP contribution in [0.25, 0.3) is 11.1 Å². The van der Waals surface area contributed by atoms with Crippen LogP contribution in [0.5, 0.6) is 0 Å². The van der Waals surface area contributed by atoms with E-state index in [1.165, 1.54) is 98.3 Å². The fourth-order valence-electron chi connectivity index (χ4n) is 4.76. The highest BCUT2D eigenvalue weighted by atomic mass is 79.9. The number of allylic oxidation sites excluding steroid dienone is 10. The van der Waals surface area contributed by atoms with Crippen molar-refractivity contribution in [1.29, 1.82) is 0 Å². The Balaban J connectivity index is 1.47. The SMILES string of the molecule is CCCCCCc1csc(C2=CC=CC3=C(c4cc(CCCCC(C)Br)c(Br)s4)C=CC=C2C3)c1. The van der Waals surface area contributed by atoms with Crippen molar-refractivity contribution in [2.45, 2.75) is 82.9 Å².